The Morgan fingerprint density at radius 2 is 1.72 bits per heavy atom. The Hall–Kier alpha value is -1.35. The molecule has 1 heterocycles. The van der Waals surface area contributed by atoms with Gasteiger partial charge in [-0.05, 0) is 61.0 Å². The van der Waals surface area contributed by atoms with E-state index < -0.39 is 0 Å². The molecule has 1 aromatic heterocycles. The number of hydrogen-bond donors (Lipinski definition) is 0. The molecule has 0 aliphatic rings. The van der Waals surface area contributed by atoms with Gasteiger partial charge in [-0.1, -0.05) is 17.7 Å². The Morgan fingerprint density at radius 3 is 2.28 bits per heavy atom. The van der Waals surface area contributed by atoms with Crippen LogP contribution in [0, 0.1) is 13.8 Å². The number of hydrogen-bond acceptors (Lipinski definition) is 2. The normalized spacial score (nSPS) is 10.4. The van der Waals surface area contributed by atoms with Crippen LogP contribution >= 0.6 is 15.9 Å². The second-order valence-corrected chi connectivity index (χ2v) is 5.17. The Bertz CT molecular complexity index is 535. The molecule has 18 heavy (non-hydrogen) atoms. The van der Waals surface area contributed by atoms with Crippen LogP contribution in [0.5, 0.6) is 0 Å². The molecule has 1 aromatic carbocycles. The fourth-order valence-electron chi connectivity index (χ4n) is 1.88. The standard InChI is InChI=1S/C15H17BrN2/c1-4-18(13-7-5-11(2)6-8-13)15-10-9-14(16)12(3)17-15/h5-10H,4H2,1-3H3. The first kappa shape index (κ1) is 13.1. The number of anilines is 2. The van der Waals surface area contributed by atoms with Gasteiger partial charge in [0.15, 0.2) is 0 Å². The Kier molecular flexibility index (Phi) is 4.02. The zero-order valence-corrected chi connectivity index (χ0v) is 12.5. The number of aromatic nitrogens is 1. The van der Waals surface area contributed by atoms with Crippen molar-refractivity contribution in [3.8, 4) is 0 Å². The molecule has 3 heteroatoms. The minimum absolute atomic E-state index is 0.900. The third-order valence-corrected chi connectivity index (χ3v) is 3.78. The lowest BCUT2D eigenvalue weighted by molar-refractivity contribution is 0.976. The summed E-state index contributed by atoms with van der Waals surface area (Å²) >= 11 is 3.49. The zero-order chi connectivity index (χ0) is 13.1. The van der Waals surface area contributed by atoms with Gasteiger partial charge in [-0.25, -0.2) is 4.98 Å². The van der Waals surface area contributed by atoms with E-state index in [-0.39, 0.29) is 0 Å². The highest BCUT2D eigenvalue weighted by atomic mass is 79.9. The van der Waals surface area contributed by atoms with Crippen LogP contribution in [0.3, 0.4) is 0 Å². The van der Waals surface area contributed by atoms with Crippen LogP contribution in [-0.2, 0) is 0 Å². The molecular weight excluding hydrogens is 288 g/mol. The highest BCUT2D eigenvalue weighted by Gasteiger charge is 2.09. The van der Waals surface area contributed by atoms with Gasteiger partial charge in [-0.3, -0.25) is 0 Å². The highest BCUT2D eigenvalue weighted by Crippen LogP contribution is 2.26. The molecule has 0 N–H and O–H groups in total. The van der Waals surface area contributed by atoms with E-state index >= 15 is 0 Å². The summed E-state index contributed by atoms with van der Waals surface area (Å²) in [5.41, 5.74) is 3.46. The van der Waals surface area contributed by atoms with Gasteiger partial charge < -0.3 is 4.90 Å². The molecule has 0 bridgehead atoms. The lowest BCUT2D eigenvalue weighted by atomic mass is 10.2. The molecule has 0 saturated carbocycles. The summed E-state index contributed by atoms with van der Waals surface area (Å²) in [5, 5.41) is 0. The summed E-state index contributed by atoms with van der Waals surface area (Å²) in [4.78, 5) is 6.83. The van der Waals surface area contributed by atoms with Crippen LogP contribution in [0.15, 0.2) is 40.9 Å². The summed E-state index contributed by atoms with van der Waals surface area (Å²) in [7, 11) is 0. The average Bonchev–Trinajstić information content (AvgIpc) is 2.37. The van der Waals surface area contributed by atoms with Crippen molar-refractivity contribution in [2.45, 2.75) is 20.8 Å². The topological polar surface area (TPSA) is 16.1 Å². The minimum atomic E-state index is 0.900. The molecule has 0 aliphatic heterocycles. The molecule has 0 radical (unpaired) electrons. The van der Waals surface area contributed by atoms with Crippen molar-refractivity contribution in [1.29, 1.82) is 0 Å². The fourth-order valence-corrected chi connectivity index (χ4v) is 2.10. The van der Waals surface area contributed by atoms with E-state index in [0.717, 1.165) is 22.5 Å². The van der Waals surface area contributed by atoms with Gasteiger partial charge in [-0.2, -0.15) is 0 Å². The SMILES string of the molecule is CCN(c1ccc(C)cc1)c1ccc(Br)c(C)n1. The average molecular weight is 305 g/mol. The summed E-state index contributed by atoms with van der Waals surface area (Å²) in [6, 6.07) is 12.6. The van der Waals surface area contributed by atoms with Crippen LogP contribution in [0.2, 0.25) is 0 Å². The van der Waals surface area contributed by atoms with Gasteiger partial charge in [-0.15, -0.1) is 0 Å². The van der Waals surface area contributed by atoms with Crippen molar-refractivity contribution in [2.75, 3.05) is 11.4 Å². The lowest BCUT2D eigenvalue weighted by Crippen LogP contribution is -2.17. The van der Waals surface area contributed by atoms with Gasteiger partial charge in [0.1, 0.15) is 5.82 Å². The van der Waals surface area contributed by atoms with E-state index in [9.17, 15) is 0 Å². The van der Waals surface area contributed by atoms with Crippen LogP contribution in [0.1, 0.15) is 18.2 Å². The largest absolute Gasteiger partial charge is 0.327 e. The van der Waals surface area contributed by atoms with Gasteiger partial charge >= 0.3 is 0 Å². The van der Waals surface area contributed by atoms with E-state index in [1.807, 2.05) is 13.0 Å². The molecule has 2 nitrogen and oxygen atoms in total. The molecule has 0 fully saturated rings. The summed E-state index contributed by atoms with van der Waals surface area (Å²) in [6.07, 6.45) is 0. The van der Waals surface area contributed by atoms with Crippen molar-refractivity contribution in [2.24, 2.45) is 0 Å². The first-order chi connectivity index (χ1) is 8.61. The second kappa shape index (κ2) is 5.53. The third-order valence-electron chi connectivity index (χ3n) is 2.95. The molecule has 0 spiro atoms. The second-order valence-electron chi connectivity index (χ2n) is 4.32. The van der Waals surface area contributed by atoms with Gasteiger partial charge in [0.05, 0.1) is 5.69 Å². The fraction of sp³-hybridized carbons (Fsp3) is 0.267. The first-order valence-corrected chi connectivity index (χ1v) is 6.88. The van der Waals surface area contributed by atoms with Crippen molar-refractivity contribution in [1.82, 2.24) is 4.98 Å². The number of benzene rings is 1. The lowest BCUT2D eigenvalue weighted by Gasteiger charge is -2.22. The Labute approximate surface area is 117 Å². The van der Waals surface area contributed by atoms with Crippen LogP contribution in [0.4, 0.5) is 11.5 Å². The molecule has 0 unspecified atom stereocenters. The number of halogens is 1. The predicted octanol–water partition coefficient (Wildman–Crippen LogP) is 4.62. The van der Waals surface area contributed by atoms with E-state index in [0.29, 0.717) is 0 Å². The van der Waals surface area contributed by atoms with Crippen LogP contribution in [0.25, 0.3) is 0 Å². The molecule has 2 rings (SSSR count). The van der Waals surface area contributed by atoms with E-state index in [2.05, 4.69) is 70.0 Å². The molecule has 0 atom stereocenters. The first-order valence-electron chi connectivity index (χ1n) is 6.09. The summed E-state index contributed by atoms with van der Waals surface area (Å²) in [5.74, 6) is 0.988. The quantitative estimate of drug-likeness (QED) is 0.822. The Morgan fingerprint density at radius 1 is 1.06 bits per heavy atom. The van der Waals surface area contributed by atoms with Crippen molar-refractivity contribution >= 4 is 27.4 Å². The molecule has 0 aliphatic carbocycles. The zero-order valence-electron chi connectivity index (χ0n) is 10.9. The maximum absolute atomic E-state index is 4.62. The molecule has 0 amide bonds. The van der Waals surface area contributed by atoms with Crippen molar-refractivity contribution < 1.29 is 0 Å². The smallest absolute Gasteiger partial charge is 0.133 e. The molecule has 0 saturated heterocycles. The summed E-state index contributed by atoms with van der Waals surface area (Å²) in [6.45, 7) is 7.15. The van der Waals surface area contributed by atoms with Crippen molar-refractivity contribution in [3.05, 3.63) is 52.1 Å². The van der Waals surface area contributed by atoms with Gasteiger partial charge in [0.25, 0.3) is 0 Å². The number of nitrogens with zero attached hydrogens (tertiary/aromatic N) is 2. The summed E-state index contributed by atoms with van der Waals surface area (Å²) < 4.78 is 1.05. The molecule has 94 valence electrons. The molecule has 2 aromatic rings. The van der Waals surface area contributed by atoms with Gasteiger partial charge in [0, 0.05) is 16.7 Å². The van der Waals surface area contributed by atoms with E-state index in [4.69, 9.17) is 0 Å². The maximum atomic E-state index is 4.62. The monoisotopic (exact) mass is 304 g/mol. The minimum Gasteiger partial charge on any atom is -0.327 e. The van der Waals surface area contributed by atoms with Crippen LogP contribution in [-0.4, -0.2) is 11.5 Å². The third kappa shape index (κ3) is 2.72. The van der Waals surface area contributed by atoms with Gasteiger partial charge in [0.2, 0.25) is 0 Å². The maximum Gasteiger partial charge on any atom is 0.133 e. The predicted molar refractivity (Wildman–Crippen MR) is 80.5 cm³/mol. The number of pyridine rings is 1. The number of aryl methyl sites for hydroxylation is 2. The highest BCUT2D eigenvalue weighted by molar-refractivity contribution is 9.10. The number of rotatable bonds is 3. The van der Waals surface area contributed by atoms with E-state index in [1.165, 1.54) is 11.3 Å². The van der Waals surface area contributed by atoms with E-state index in [1.54, 1.807) is 0 Å². The Balaban J connectivity index is 2.38. The molecular formula is C15H17BrN2. The van der Waals surface area contributed by atoms with Crippen LogP contribution < -0.4 is 4.90 Å². The van der Waals surface area contributed by atoms with Crippen molar-refractivity contribution in [3.63, 3.8) is 0 Å².